The van der Waals surface area contributed by atoms with Crippen LogP contribution in [-0.2, 0) is 9.59 Å². The van der Waals surface area contributed by atoms with Gasteiger partial charge in [0.25, 0.3) is 0 Å². The molecule has 0 aliphatic carbocycles. The normalized spacial score (nSPS) is 13.8. The van der Waals surface area contributed by atoms with E-state index in [0.29, 0.717) is 12.0 Å². The van der Waals surface area contributed by atoms with Crippen LogP contribution in [0.15, 0.2) is 30.3 Å². The van der Waals surface area contributed by atoms with Crippen molar-refractivity contribution in [2.45, 2.75) is 25.4 Å². The van der Waals surface area contributed by atoms with Crippen LogP contribution < -0.4 is 11.1 Å². The van der Waals surface area contributed by atoms with Crippen molar-refractivity contribution < 1.29 is 14.7 Å². The second kappa shape index (κ2) is 6.00. The lowest BCUT2D eigenvalue weighted by atomic mass is 10.1. The summed E-state index contributed by atoms with van der Waals surface area (Å²) in [7, 11) is 0. The number of carbonyl (C=O) groups excluding carboxylic acids is 1. The molecule has 1 aromatic carbocycles. The smallest absolute Gasteiger partial charge is 0.326 e. The van der Waals surface area contributed by atoms with Crippen molar-refractivity contribution in [2.75, 3.05) is 0 Å². The first-order valence-electron chi connectivity index (χ1n) is 5.40. The zero-order valence-corrected chi connectivity index (χ0v) is 9.59. The largest absolute Gasteiger partial charge is 0.480 e. The number of aliphatic carboxylic acids is 1. The minimum absolute atomic E-state index is 0.322. The van der Waals surface area contributed by atoms with Crippen LogP contribution >= 0.6 is 0 Å². The highest BCUT2D eigenvalue weighted by atomic mass is 16.4. The molecule has 0 aromatic heterocycles. The molecule has 0 radical (unpaired) electrons. The van der Waals surface area contributed by atoms with Gasteiger partial charge in [0.15, 0.2) is 0 Å². The van der Waals surface area contributed by atoms with Gasteiger partial charge in [-0.25, -0.2) is 4.79 Å². The monoisotopic (exact) mass is 236 g/mol. The molecule has 1 amide bonds. The molecule has 0 heterocycles. The molecule has 1 unspecified atom stereocenters. The Morgan fingerprint density at radius 1 is 1.35 bits per heavy atom. The third-order valence-electron chi connectivity index (χ3n) is 2.46. The van der Waals surface area contributed by atoms with Crippen molar-refractivity contribution in [3.05, 3.63) is 35.9 Å². The van der Waals surface area contributed by atoms with E-state index in [1.807, 2.05) is 6.07 Å². The molecular formula is C12H16N2O3. The lowest BCUT2D eigenvalue weighted by Gasteiger charge is -2.16. The van der Waals surface area contributed by atoms with Gasteiger partial charge in [0.2, 0.25) is 5.91 Å². The van der Waals surface area contributed by atoms with E-state index in [1.165, 1.54) is 0 Å². The number of carboxylic acids is 1. The molecular weight excluding hydrogens is 220 g/mol. The minimum Gasteiger partial charge on any atom is -0.480 e. The standard InChI is InChI=1S/C12H16N2O3/c1-2-9(12(16)17)14-11(15)10(13)8-6-4-3-5-7-8/h3-7,9-10H,2,13H2,1H3,(H,14,15)(H,16,17)/t9?,10-/m0/s1. The quantitative estimate of drug-likeness (QED) is 0.700. The molecule has 0 aliphatic rings. The molecule has 2 atom stereocenters. The average molecular weight is 236 g/mol. The topological polar surface area (TPSA) is 92.4 Å². The Morgan fingerprint density at radius 2 is 1.94 bits per heavy atom. The number of carboxylic acid groups (broad SMARTS) is 1. The van der Waals surface area contributed by atoms with Crippen molar-refractivity contribution in [1.82, 2.24) is 5.32 Å². The Bertz CT molecular complexity index is 392. The van der Waals surface area contributed by atoms with Gasteiger partial charge in [-0.2, -0.15) is 0 Å². The second-order valence-corrected chi connectivity index (χ2v) is 3.70. The van der Waals surface area contributed by atoms with Crippen molar-refractivity contribution in [1.29, 1.82) is 0 Å². The van der Waals surface area contributed by atoms with Gasteiger partial charge in [-0.15, -0.1) is 0 Å². The van der Waals surface area contributed by atoms with Gasteiger partial charge < -0.3 is 16.2 Å². The van der Waals surface area contributed by atoms with E-state index >= 15 is 0 Å². The summed E-state index contributed by atoms with van der Waals surface area (Å²) in [5, 5.41) is 11.2. The Morgan fingerprint density at radius 3 is 2.41 bits per heavy atom. The molecule has 5 nitrogen and oxygen atoms in total. The summed E-state index contributed by atoms with van der Waals surface area (Å²) >= 11 is 0. The lowest BCUT2D eigenvalue weighted by molar-refractivity contribution is -0.142. The number of nitrogens with one attached hydrogen (secondary N) is 1. The van der Waals surface area contributed by atoms with E-state index in [2.05, 4.69) is 5.32 Å². The molecule has 17 heavy (non-hydrogen) atoms. The van der Waals surface area contributed by atoms with Crippen molar-refractivity contribution >= 4 is 11.9 Å². The van der Waals surface area contributed by atoms with Gasteiger partial charge in [0, 0.05) is 0 Å². The number of carbonyl (C=O) groups is 2. The molecule has 5 heteroatoms. The Kier molecular flexibility index (Phi) is 4.66. The fourth-order valence-corrected chi connectivity index (χ4v) is 1.41. The minimum atomic E-state index is -1.05. The van der Waals surface area contributed by atoms with Crippen LogP contribution in [0.25, 0.3) is 0 Å². The molecule has 0 bridgehead atoms. The maximum atomic E-state index is 11.7. The summed E-state index contributed by atoms with van der Waals surface area (Å²) in [6, 6.07) is 7.09. The molecule has 0 aliphatic heterocycles. The summed E-state index contributed by atoms with van der Waals surface area (Å²) in [6.07, 6.45) is 0.322. The lowest BCUT2D eigenvalue weighted by Crippen LogP contribution is -2.44. The number of benzene rings is 1. The average Bonchev–Trinajstić information content (AvgIpc) is 2.35. The summed E-state index contributed by atoms with van der Waals surface area (Å²) in [5.74, 6) is -1.54. The SMILES string of the molecule is CCC(NC(=O)[C@@H](N)c1ccccc1)C(=O)O. The first-order chi connectivity index (χ1) is 8.06. The van der Waals surface area contributed by atoms with Crippen molar-refractivity contribution in [3.8, 4) is 0 Å². The number of hydrogen-bond acceptors (Lipinski definition) is 3. The van der Waals surface area contributed by atoms with Crippen LogP contribution in [0.5, 0.6) is 0 Å². The highest BCUT2D eigenvalue weighted by Gasteiger charge is 2.22. The Labute approximate surface area is 99.6 Å². The van der Waals surface area contributed by atoms with E-state index in [9.17, 15) is 9.59 Å². The number of nitrogens with two attached hydrogens (primary N) is 1. The van der Waals surface area contributed by atoms with Crippen molar-refractivity contribution in [3.63, 3.8) is 0 Å². The van der Waals surface area contributed by atoms with Crippen molar-refractivity contribution in [2.24, 2.45) is 5.73 Å². The fourth-order valence-electron chi connectivity index (χ4n) is 1.41. The highest BCUT2D eigenvalue weighted by Crippen LogP contribution is 2.09. The molecule has 1 rings (SSSR count). The zero-order chi connectivity index (χ0) is 12.8. The van der Waals surface area contributed by atoms with Crippen LogP contribution in [0.4, 0.5) is 0 Å². The molecule has 1 aromatic rings. The zero-order valence-electron chi connectivity index (χ0n) is 9.59. The Balaban J connectivity index is 2.68. The summed E-state index contributed by atoms with van der Waals surface area (Å²) in [6.45, 7) is 1.69. The third-order valence-corrected chi connectivity index (χ3v) is 2.46. The first-order valence-corrected chi connectivity index (χ1v) is 5.40. The summed E-state index contributed by atoms with van der Waals surface area (Å²) < 4.78 is 0. The first kappa shape index (κ1) is 13.2. The predicted octanol–water partition coefficient (Wildman–Crippen LogP) is 0.666. The van der Waals surface area contributed by atoms with Gasteiger partial charge in [0.05, 0.1) is 0 Å². The number of hydrogen-bond donors (Lipinski definition) is 3. The van der Waals surface area contributed by atoms with Crippen LogP contribution in [0.2, 0.25) is 0 Å². The number of amides is 1. The van der Waals surface area contributed by atoms with Crippen LogP contribution in [0, 0.1) is 0 Å². The van der Waals surface area contributed by atoms with E-state index in [1.54, 1.807) is 31.2 Å². The van der Waals surface area contributed by atoms with E-state index in [4.69, 9.17) is 10.8 Å². The molecule has 0 spiro atoms. The van der Waals surface area contributed by atoms with Gasteiger partial charge in [0.1, 0.15) is 12.1 Å². The maximum Gasteiger partial charge on any atom is 0.326 e. The molecule has 0 saturated heterocycles. The Hall–Kier alpha value is -1.88. The molecule has 4 N–H and O–H groups in total. The summed E-state index contributed by atoms with van der Waals surface area (Å²) in [5.41, 5.74) is 6.39. The molecule has 0 fully saturated rings. The second-order valence-electron chi connectivity index (χ2n) is 3.70. The van der Waals surface area contributed by atoms with Gasteiger partial charge in [-0.3, -0.25) is 4.79 Å². The highest BCUT2D eigenvalue weighted by molar-refractivity contribution is 5.87. The van der Waals surface area contributed by atoms with Gasteiger partial charge >= 0.3 is 5.97 Å². The van der Waals surface area contributed by atoms with Gasteiger partial charge in [-0.1, -0.05) is 37.3 Å². The van der Waals surface area contributed by atoms with E-state index in [0.717, 1.165) is 0 Å². The molecule has 0 saturated carbocycles. The predicted molar refractivity (Wildman–Crippen MR) is 63.2 cm³/mol. The van der Waals surface area contributed by atoms with Crippen LogP contribution in [-0.4, -0.2) is 23.0 Å². The number of rotatable bonds is 5. The van der Waals surface area contributed by atoms with Crippen LogP contribution in [0.1, 0.15) is 24.9 Å². The van der Waals surface area contributed by atoms with E-state index < -0.39 is 24.0 Å². The van der Waals surface area contributed by atoms with Gasteiger partial charge in [-0.05, 0) is 12.0 Å². The molecule has 92 valence electrons. The maximum absolute atomic E-state index is 11.7. The van der Waals surface area contributed by atoms with E-state index in [-0.39, 0.29) is 0 Å². The third kappa shape index (κ3) is 3.57. The summed E-state index contributed by atoms with van der Waals surface area (Å²) in [4.78, 5) is 22.5. The fraction of sp³-hybridized carbons (Fsp3) is 0.333. The van der Waals surface area contributed by atoms with Crippen LogP contribution in [0.3, 0.4) is 0 Å².